The van der Waals surface area contributed by atoms with Gasteiger partial charge < -0.3 is 0 Å². The fourth-order valence-corrected chi connectivity index (χ4v) is 0.566. The van der Waals surface area contributed by atoms with Gasteiger partial charge in [0.25, 0.3) is 0 Å². The third-order valence-corrected chi connectivity index (χ3v) is 1.04. The lowest BCUT2D eigenvalue weighted by Crippen LogP contribution is -1.93. The number of aromatic nitrogens is 3. The van der Waals surface area contributed by atoms with Crippen molar-refractivity contribution in [3.8, 4) is 0 Å². The zero-order valence-electron chi connectivity index (χ0n) is 15.5. The Morgan fingerprint density at radius 1 is 0.409 bits per heavy atom. The fourth-order valence-electron chi connectivity index (χ4n) is 0.566. The summed E-state index contributed by atoms with van der Waals surface area (Å²) in [6, 6.07) is 5.72. The second kappa shape index (κ2) is 12.9. The summed E-state index contributed by atoms with van der Waals surface area (Å²) in [5.41, 5.74) is 1.00. The number of hydrogen-bond donors (Lipinski definition) is 0. The van der Waals surface area contributed by atoms with Crippen LogP contribution in [0, 0.1) is 10.8 Å². The Morgan fingerprint density at radius 2 is 0.636 bits per heavy atom. The van der Waals surface area contributed by atoms with Crippen molar-refractivity contribution in [1.29, 1.82) is 0 Å². The molecule has 124 valence electrons. The predicted octanol–water partition coefficient (Wildman–Crippen LogP) is 5.66. The van der Waals surface area contributed by atoms with E-state index in [1.54, 1.807) is 37.2 Å². The van der Waals surface area contributed by atoms with Gasteiger partial charge in [-0.1, -0.05) is 61.5 Å². The molecule has 2 aromatic rings. The first-order valence-corrected chi connectivity index (χ1v) is 7.55. The fraction of sp³-hybridized carbons (Fsp3) is 0.526. The van der Waals surface area contributed by atoms with Crippen LogP contribution in [0.15, 0.2) is 55.4 Å². The molecule has 0 atom stereocenters. The summed E-state index contributed by atoms with van der Waals surface area (Å²) in [7, 11) is 0. The van der Waals surface area contributed by atoms with Gasteiger partial charge in [-0.3, -0.25) is 15.0 Å². The molecule has 0 saturated heterocycles. The van der Waals surface area contributed by atoms with E-state index in [0.29, 0.717) is 10.8 Å². The highest BCUT2D eigenvalue weighted by molar-refractivity contribution is 4.88. The van der Waals surface area contributed by atoms with E-state index in [-0.39, 0.29) is 0 Å². The van der Waals surface area contributed by atoms with Crippen molar-refractivity contribution >= 4 is 0 Å². The highest BCUT2D eigenvalue weighted by Crippen LogP contribution is 2.08. The molecule has 0 fully saturated rings. The van der Waals surface area contributed by atoms with Crippen LogP contribution in [0.3, 0.4) is 0 Å². The topological polar surface area (TPSA) is 38.7 Å². The Morgan fingerprint density at radius 3 is 0.727 bits per heavy atom. The summed E-state index contributed by atoms with van der Waals surface area (Å²) in [5, 5.41) is 0. The van der Waals surface area contributed by atoms with Crippen LogP contribution in [-0.2, 0) is 0 Å². The van der Waals surface area contributed by atoms with E-state index in [2.05, 4.69) is 70.3 Å². The van der Waals surface area contributed by atoms with Crippen molar-refractivity contribution in [3.05, 3.63) is 55.4 Å². The van der Waals surface area contributed by atoms with Crippen molar-refractivity contribution in [2.24, 2.45) is 10.8 Å². The largest absolute Gasteiger partial charge is 0.265 e. The molecule has 0 spiro atoms. The van der Waals surface area contributed by atoms with Crippen LogP contribution in [0.1, 0.15) is 55.4 Å². The normalized spacial score (nSPS) is 9.82. The molecule has 0 aliphatic rings. The van der Waals surface area contributed by atoms with E-state index in [4.69, 9.17) is 0 Å². The van der Waals surface area contributed by atoms with Gasteiger partial charge >= 0.3 is 0 Å². The molecule has 2 heterocycles. The molecule has 0 amide bonds. The van der Waals surface area contributed by atoms with Crippen molar-refractivity contribution < 1.29 is 0 Å². The number of pyridine rings is 1. The minimum Gasteiger partial charge on any atom is -0.265 e. The van der Waals surface area contributed by atoms with Gasteiger partial charge in [-0.2, -0.15) is 0 Å². The minimum absolute atomic E-state index is 0.500. The van der Waals surface area contributed by atoms with E-state index in [1.807, 2.05) is 18.2 Å². The maximum atomic E-state index is 3.78. The average Bonchev–Trinajstić information content (AvgIpc) is 2.40. The SMILES string of the molecule is CC(C)(C)C.CC(C)(C)C.c1ccncc1.c1cnccn1. The van der Waals surface area contributed by atoms with Gasteiger partial charge in [0, 0.05) is 37.2 Å². The van der Waals surface area contributed by atoms with E-state index in [0.717, 1.165) is 0 Å². The Labute approximate surface area is 137 Å². The number of rotatable bonds is 0. The van der Waals surface area contributed by atoms with E-state index < -0.39 is 0 Å². The Bertz CT molecular complexity index is 305. The molecule has 3 nitrogen and oxygen atoms in total. The van der Waals surface area contributed by atoms with Crippen LogP contribution >= 0.6 is 0 Å². The van der Waals surface area contributed by atoms with Crippen LogP contribution < -0.4 is 0 Å². The highest BCUT2D eigenvalue weighted by atomic mass is 14.7. The Balaban J connectivity index is 0. The third kappa shape index (κ3) is 51.7. The standard InChI is InChI=1S/C5H5N.2C5H12.C4H4N2/c1-2-4-6-5-3-1;2*1-5(2,3)4;1-2-6-4-3-5-1/h1-5H;2*1-4H3;1-4H. The first kappa shape index (κ1) is 22.5. The van der Waals surface area contributed by atoms with Gasteiger partial charge in [-0.15, -0.1) is 0 Å². The molecule has 2 rings (SSSR count). The van der Waals surface area contributed by atoms with E-state index in [1.165, 1.54) is 0 Å². The Kier molecular flexibility index (Phi) is 13.2. The molecule has 0 aromatic carbocycles. The molecule has 0 aliphatic carbocycles. The van der Waals surface area contributed by atoms with Crippen LogP contribution in [-0.4, -0.2) is 15.0 Å². The summed E-state index contributed by atoms with van der Waals surface area (Å²) in [6.07, 6.45) is 10.1. The Hall–Kier alpha value is -1.77. The van der Waals surface area contributed by atoms with Crippen molar-refractivity contribution in [1.82, 2.24) is 15.0 Å². The van der Waals surface area contributed by atoms with Crippen LogP contribution in [0.2, 0.25) is 0 Å². The van der Waals surface area contributed by atoms with Crippen LogP contribution in [0.4, 0.5) is 0 Å². The predicted molar refractivity (Wildman–Crippen MR) is 96.5 cm³/mol. The average molecular weight is 303 g/mol. The molecule has 0 N–H and O–H groups in total. The second-order valence-electron chi connectivity index (χ2n) is 7.92. The quantitative estimate of drug-likeness (QED) is 0.630. The first-order chi connectivity index (χ1) is 10.0. The zero-order valence-corrected chi connectivity index (χ0v) is 15.5. The lowest BCUT2D eigenvalue weighted by atomic mass is 10.0. The monoisotopic (exact) mass is 303 g/mol. The van der Waals surface area contributed by atoms with Gasteiger partial charge in [0.2, 0.25) is 0 Å². The van der Waals surface area contributed by atoms with Crippen molar-refractivity contribution in [2.45, 2.75) is 55.4 Å². The number of nitrogens with zero attached hydrogens (tertiary/aromatic N) is 3. The van der Waals surface area contributed by atoms with Gasteiger partial charge in [0.1, 0.15) is 0 Å². The molecular formula is C19H33N3. The lowest BCUT2D eigenvalue weighted by molar-refractivity contribution is 0.469. The smallest absolute Gasteiger partial charge is 0.0451 e. The van der Waals surface area contributed by atoms with Gasteiger partial charge in [-0.25, -0.2) is 0 Å². The molecule has 22 heavy (non-hydrogen) atoms. The molecule has 0 bridgehead atoms. The van der Waals surface area contributed by atoms with Crippen LogP contribution in [0.25, 0.3) is 0 Å². The van der Waals surface area contributed by atoms with Crippen LogP contribution in [0.5, 0.6) is 0 Å². The van der Waals surface area contributed by atoms with E-state index in [9.17, 15) is 0 Å². The summed E-state index contributed by atoms with van der Waals surface area (Å²) in [6.45, 7) is 17.5. The minimum atomic E-state index is 0.500. The summed E-state index contributed by atoms with van der Waals surface area (Å²) in [5.74, 6) is 0. The molecule has 0 saturated carbocycles. The second-order valence-corrected chi connectivity index (χ2v) is 7.92. The molecule has 0 aliphatic heterocycles. The summed E-state index contributed by atoms with van der Waals surface area (Å²) >= 11 is 0. The molecule has 2 aromatic heterocycles. The van der Waals surface area contributed by atoms with Crippen molar-refractivity contribution in [2.75, 3.05) is 0 Å². The maximum Gasteiger partial charge on any atom is 0.0451 e. The van der Waals surface area contributed by atoms with Gasteiger partial charge in [0.15, 0.2) is 0 Å². The summed E-state index contributed by atoms with van der Waals surface area (Å²) in [4.78, 5) is 11.2. The summed E-state index contributed by atoms with van der Waals surface area (Å²) < 4.78 is 0. The maximum absolute atomic E-state index is 3.78. The number of hydrogen-bond acceptors (Lipinski definition) is 3. The van der Waals surface area contributed by atoms with Gasteiger partial charge in [-0.05, 0) is 23.0 Å². The lowest BCUT2D eigenvalue weighted by Gasteiger charge is -2.05. The zero-order chi connectivity index (χ0) is 17.5. The third-order valence-electron chi connectivity index (χ3n) is 1.04. The van der Waals surface area contributed by atoms with Gasteiger partial charge in [0.05, 0.1) is 0 Å². The molecule has 0 unspecified atom stereocenters. The molecule has 3 heteroatoms. The highest BCUT2D eigenvalue weighted by Gasteiger charge is 1.96. The van der Waals surface area contributed by atoms with E-state index >= 15 is 0 Å². The molecular weight excluding hydrogens is 270 g/mol. The first-order valence-electron chi connectivity index (χ1n) is 7.55. The van der Waals surface area contributed by atoms with Crippen molar-refractivity contribution in [3.63, 3.8) is 0 Å². The molecule has 0 radical (unpaired) electrons.